The van der Waals surface area contributed by atoms with Crippen molar-refractivity contribution in [2.75, 3.05) is 13.2 Å². The summed E-state index contributed by atoms with van der Waals surface area (Å²) in [5.41, 5.74) is 0. The Labute approximate surface area is 62.5 Å². The van der Waals surface area contributed by atoms with Crippen LogP contribution in [0.4, 0.5) is 0 Å². The van der Waals surface area contributed by atoms with Gasteiger partial charge >= 0.3 is 0 Å². The van der Waals surface area contributed by atoms with Crippen molar-refractivity contribution in [1.29, 1.82) is 0 Å². The lowest BCUT2D eigenvalue weighted by Gasteiger charge is -2.08. The Kier molecular flexibility index (Phi) is 2.49. The zero-order chi connectivity index (χ0) is 7.40. The fourth-order valence-corrected chi connectivity index (χ4v) is 1.02. The highest BCUT2D eigenvalue weighted by Crippen LogP contribution is 2.01. The molecule has 0 aromatic carbocycles. The van der Waals surface area contributed by atoms with Crippen molar-refractivity contribution in [3.8, 4) is 0 Å². The van der Waals surface area contributed by atoms with E-state index in [0.717, 1.165) is 6.67 Å². The molecular weight excluding hydrogens is 124 g/mol. The van der Waals surface area contributed by atoms with Gasteiger partial charge in [-0.15, -0.1) is 0 Å². The van der Waals surface area contributed by atoms with Crippen molar-refractivity contribution in [2.45, 2.75) is 19.8 Å². The molecule has 1 aliphatic heterocycles. The van der Waals surface area contributed by atoms with E-state index in [1.165, 1.54) is 19.4 Å². The van der Waals surface area contributed by atoms with Gasteiger partial charge in [0.05, 0.1) is 6.20 Å². The van der Waals surface area contributed by atoms with Crippen molar-refractivity contribution in [2.24, 2.45) is 0 Å². The van der Waals surface area contributed by atoms with Crippen molar-refractivity contribution in [3.05, 3.63) is 12.4 Å². The molecule has 0 radical (unpaired) electrons. The van der Waals surface area contributed by atoms with Gasteiger partial charge in [-0.2, -0.15) is 4.58 Å². The molecule has 56 valence electrons. The van der Waals surface area contributed by atoms with Gasteiger partial charge in [-0.3, -0.25) is 0 Å². The number of hydrogen-bond acceptors (Lipinski definition) is 1. The first-order chi connectivity index (χ1) is 4.83. The first-order valence-electron chi connectivity index (χ1n) is 3.82. The summed E-state index contributed by atoms with van der Waals surface area (Å²) < 4.78 is 1.94. The average molecular weight is 139 g/mol. The highest BCUT2D eigenvalue weighted by atomic mass is 15.3. The van der Waals surface area contributed by atoms with Crippen LogP contribution in [-0.4, -0.2) is 29.4 Å². The molecule has 1 aliphatic rings. The minimum atomic E-state index is 0.958. The number of hydrogen-bond donors (Lipinski definition) is 0. The standard InChI is InChI=1S/C8H15N2/c1-3-4-5-10-7-6-9(2)8-10/h6-7H,2-5,8H2,1H3/q+1. The molecule has 0 aromatic heterocycles. The monoisotopic (exact) mass is 139 g/mol. The van der Waals surface area contributed by atoms with Gasteiger partial charge in [-0.1, -0.05) is 13.3 Å². The smallest absolute Gasteiger partial charge is 0.223 e. The maximum absolute atomic E-state index is 3.80. The van der Waals surface area contributed by atoms with E-state index in [4.69, 9.17) is 0 Å². The van der Waals surface area contributed by atoms with E-state index in [0.29, 0.717) is 0 Å². The van der Waals surface area contributed by atoms with Gasteiger partial charge in [0, 0.05) is 6.54 Å². The summed E-state index contributed by atoms with van der Waals surface area (Å²) in [6.07, 6.45) is 6.65. The van der Waals surface area contributed by atoms with E-state index in [2.05, 4.69) is 24.7 Å². The molecule has 0 aromatic rings. The molecule has 1 heterocycles. The van der Waals surface area contributed by atoms with Crippen LogP contribution in [-0.2, 0) is 0 Å². The maximum Gasteiger partial charge on any atom is 0.223 e. The molecule has 0 saturated carbocycles. The second kappa shape index (κ2) is 3.40. The Hall–Kier alpha value is -0.790. The van der Waals surface area contributed by atoms with Gasteiger partial charge in [0.25, 0.3) is 0 Å². The molecule has 0 saturated heterocycles. The zero-order valence-corrected chi connectivity index (χ0v) is 6.58. The van der Waals surface area contributed by atoms with Crippen LogP contribution in [0, 0.1) is 0 Å². The number of nitrogens with zero attached hydrogens (tertiary/aromatic N) is 2. The predicted molar refractivity (Wildman–Crippen MR) is 43.0 cm³/mol. The largest absolute Gasteiger partial charge is 0.317 e. The number of rotatable bonds is 3. The minimum Gasteiger partial charge on any atom is -0.317 e. The summed E-state index contributed by atoms with van der Waals surface area (Å²) in [5, 5.41) is 0. The summed E-state index contributed by atoms with van der Waals surface area (Å²) >= 11 is 0. The first-order valence-corrected chi connectivity index (χ1v) is 3.82. The Morgan fingerprint density at radius 1 is 1.70 bits per heavy atom. The van der Waals surface area contributed by atoms with Crippen LogP contribution in [0.25, 0.3) is 0 Å². The van der Waals surface area contributed by atoms with Gasteiger partial charge in [0.2, 0.25) is 6.67 Å². The van der Waals surface area contributed by atoms with Gasteiger partial charge in [0.1, 0.15) is 6.72 Å². The van der Waals surface area contributed by atoms with E-state index < -0.39 is 0 Å². The lowest BCUT2D eigenvalue weighted by molar-refractivity contribution is -0.454. The highest BCUT2D eigenvalue weighted by molar-refractivity contribution is 5.16. The zero-order valence-electron chi connectivity index (χ0n) is 6.58. The number of unbranched alkanes of at least 4 members (excludes halogenated alkanes) is 1. The normalized spacial score (nSPS) is 16.9. The van der Waals surface area contributed by atoms with Crippen LogP contribution in [0.2, 0.25) is 0 Å². The van der Waals surface area contributed by atoms with Crippen LogP contribution in [0.3, 0.4) is 0 Å². The van der Waals surface area contributed by atoms with E-state index in [1.54, 1.807) is 0 Å². The maximum atomic E-state index is 3.80. The predicted octanol–water partition coefficient (Wildman–Crippen LogP) is 1.24. The molecule has 0 unspecified atom stereocenters. The molecule has 0 fully saturated rings. The third kappa shape index (κ3) is 1.87. The SMILES string of the molecule is C=[N+]1C=CN(CCCC)C1. The fourth-order valence-electron chi connectivity index (χ4n) is 1.02. The van der Waals surface area contributed by atoms with Crippen LogP contribution in [0.1, 0.15) is 19.8 Å². The van der Waals surface area contributed by atoms with Crippen molar-refractivity contribution < 1.29 is 4.58 Å². The van der Waals surface area contributed by atoms with E-state index in [9.17, 15) is 0 Å². The molecule has 0 amide bonds. The molecule has 0 aliphatic carbocycles. The summed E-state index contributed by atoms with van der Waals surface area (Å²) in [5.74, 6) is 0. The summed E-state index contributed by atoms with van der Waals surface area (Å²) in [6, 6.07) is 0. The topological polar surface area (TPSA) is 6.25 Å². The molecule has 1 rings (SSSR count). The summed E-state index contributed by atoms with van der Waals surface area (Å²) in [7, 11) is 0. The third-order valence-corrected chi connectivity index (χ3v) is 1.65. The third-order valence-electron chi connectivity index (χ3n) is 1.65. The molecule has 2 nitrogen and oxygen atoms in total. The lowest BCUT2D eigenvalue weighted by atomic mass is 10.3. The van der Waals surface area contributed by atoms with Crippen LogP contribution in [0.5, 0.6) is 0 Å². The second-order valence-corrected chi connectivity index (χ2v) is 2.69. The van der Waals surface area contributed by atoms with Gasteiger partial charge in [-0.05, 0) is 6.42 Å². The van der Waals surface area contributed by atoms with E-state index >= 15 is 0 Å². The summed E-state index contributed by atoms with van der Waals surface area (Å²) in [4.78, 5) is 2.27. The van der Waals surface area contributed by atoms with Crippen LogP contribution < -0.4 is 0 Å². The van der Waals surface area contributed by atoms with Crippen molar-refractivity contribution in [3.63, 3.8) is 0 Å². The van der Waals surface area contributed by atoms with Gasteiger partial charge in [0.15, 0.2) is 6.20 Å². The molecule has 0 atom stereocenters. The molecular formula is C8H15N2+. The molecule has 0 spiro atoms. The Morgan fingerprint density at radius 2 is 2.50 bits per heavy atom. The quantitative estimate of drug-likeness (QED) is 0.533. The van der Waals surface area contributed by atoms with Gasteiger partial charge < -0.3 is 4.90 Å². The molecule has 2 heteroatoms. The van der Waals surface area contributed by atoms with Crippen LogP contribution >= 0.6 is 0 Å². The fraction of sp³-hybridized carbons (Fsp3) is 0.625. The molecule has 10 heavy (non-hydrogen) atoms. The van der Waals surface area contributed by atoms with Crippen LogP contribution in [0.15, 0.2) is 12.4 Å². The van der Waals surface area contributed by atoms with Crippen molar-refractivity contribution in [1.82, 2.24) is 4.90 Å². The molecule has 0 N–H and O–H groups in total. The first kappa shape index (κ1) is 7.32. The Balaban J connectivity index is 2.20. The van der Waals surface area contributed by atoms with E-state index in [-0.39, 0.29) is 0 Å². The minimum absolute atomic E-state index is 0.958. The average Bonchev–Trinajstić information content (AvgIpc) is 2.31. The summed E-state index contributed by atoms with van der Waals surface area (Å²) in [6.45, 7) is 8.13. The van der Waals surface area contributed by atoms with Crippen molar-refractivity contribution >= 4 is 6.72 Å². The Morgan fingerprint density at radius 3 is 3.00 bits per heavy atom. The Bertz CT molecular complexity index is 149. The van der Waals surface area contributed by atoms with E-state index in [1.807, 2.05) is 10.8 Å². The van der Waals surface area contributed by atoms with Gasteiger partial charge in [-0.25, -0.2) is 0 Å². The molecule has 0 bridgehead atoms. The second-order valence-electron chi connectivity index (χ2n) is 2.69. The lowest BCUT2D eigenvalue weighted by Crippen LogP contribution is -2.19. The highest BCUT2D eigenvalue weighted by Gasteiger charge is 2.10.